The Bertz CT molecular complexity index is 850. The molecule has 10 nitrogen and oxygen atoms in total. The zero-order valence-electron chi connectivity index (χ0n) is 17.8. The largest absolute Gasteiger partial charge is 0.444 e. The van der Waals surface area contributed by atoms with E-state index in [1.54, 1.807) is 43.7 Å². The summed E-state index contributed by atoms with van der Waals surface area (Å²) in [5.41, 5.74) is 0.728. The molecule has 1 fully saturated rings. The summed E-state index contributed by atoms with van der Waals surface area (Å²) in [5.74, 6) is -0.281. The minimum absolute atomic E-state index is 0.136. The van der Waals surface area contributed by atoms with Gasteiger partial charge in [-0.1, -0.05) is 0 Å². The van der Waals surface area contributed by atoms with Crippen molar-refractivity contribution in [2.45, 2.75) is 38.8 Å². The molecule has 1 N–H and O–H groups in total. The SMILES string of the molecule is CNc1cc2c(cc1[N+](=O)[O-])C(=O)N(C[C@H]1COCCN1C(=O)OC(C)(C)C)CC2. The van der Waals surface area contributed by atoms with Gasteiger partial charge in [0.2, 0.25) is 0 Å². The van der Waals surface area contributed by atoms with Crippen LogP contribution in [0.1, 0.15) is 36.7 Å². The maximum Gasteiger partial charge on any atom is 0.410 e. The predicted molar refractivity (Wildman–Crippen MR) is 110 cm³/mol. The standard InChI is InChI=1S/C20H28N4O6/c1-20(2,3)30-19(26)23-7-8-29-12-14(23)11-22-6-5-13-9-16(21-4)17(24(27)28)10-15(13)18(22)25/h9-10,14,21H,5-8,11-12H2,1-4H3/t14-/m0/s1. The molecule has 0 radical (unpaired) electrons. The number of nitro benzene ring substituents is 1. The van der Waals surface area contributed by atoms with E-state index in [0.717, 1.165) is 5.56 Å². The van der Waals surface area contributed by atoms with Crippen molar-refractivity contribution in [2.75, 3.05) is 45.2 Å². The molecule has 0 bridgehead atoms. The summed E-state index contributed by atoms with van der Waals surface area (Å²) >= 11 is 0. The van der Waals surface area contributed by atoms with Gasteiger partial charge in [0, 0.05) is 38.3 Å². The van der Waals surface area contributed by atoms with E-state index < -0.39 is 16.6 Å². The Morgan fingerprint density at radius 1 is 1.37 bits per heavy atom. The molecule has 3 rings (SSSR count). The molecule has 1 atom stereocenters. The van der Waals surface area contributed by atoms with Gasteiger partial charge < -0.3 is 19.7 Å². The highest BCUT2D eigenvalue weighted by molar-refractivity contribution is 5.98. The third kappa shape index (κ3) is 4.64. The lowest BCUT2D eigenvalue weighted by Crippen LogP contribution is -2.56. The highest BCUT2D eigenvalue weighted by Gasteiger charge is 2.35. The van der Waals surface area contributed by atoms with Crippen LogP contribution in [0, 0.1) is 10.1 Å². The number of amides is 2. The molecule has 2 amide bonds. The van der Waals surface area contributed by atoms with Crippen LogP contribution in [0.2, 0.25) is 0 Å². The molecule has 30 heavy (non-hydrogen) atoms. The number of hydrogen-bond acceptors (Lipinski definition) is 7. The highest BCUT2D eigenvalue weighted by atomic mass is 16.6. The fraction of sp³-hybridized carbons (Fsp3) is 0.600. The number of nitrogens with zero attached hydrogens (tertiary/aromatic N) is 3. The second-order valence-electron chi connectivity index (χ2n) is 8.44. The Hall–Kier alpha value is -2.88. The molecular formula is C20H28N4O6. The van der Waals surface area contributed by atoms with Gasteiger partial charge in [-0.15, -0.1) is 0 Å². The Morgan fingerprint density at radius 2 is 2.10 bits per heavy atom. The third-order valence-corrected chi connectivity index (χ3v) is 5.14. The molecule has 1 saturated heterocycles. The predicted octanol–water partition coefficient (Wildman–Crippen LogP) is 2.27. The molecule has 0 aromatic heterocycles. The van der Waals surface area contributed by atoms with Gasteiger partial charge in [0.05, 0.1) is 24.2 Å². The highest BCUT2D eigenvalue weighted by Crippen LogP contribution is 2.31. The maximum atomic E-state index is 13.1. The van der Waals surface area contributed by atoms with Gasteiger partial charge in [-0.05, 0) is 38.8 Å². The molecule has 2 heterocycles. The fourth-order valence-corrected chi connectivity index (χ4v) is 3.71. The summed E-state index contributed by atoms with van der Waals surface area (Å²) in [6, 6.07) is 2.66. The Balaban J connectivity index is 1.79. The number of ether oxygens (including phenoxy) is 2. The lowest BCUT2D eigenvalue weighted by molar-refractivity contribution is -0.384. The van der Waals surface area contributed by atoms with Crippen LogP contribution in [0.25, 0.3) is 0 Å². The number of nitro groups is 1. The van der Waals surface area contributed by atoms with Crippen LogP contribution in [0.15, 0.2) is 12.1 Å². The smallest absolute Gasteiger partial charge is 0.410 e. The number of hydrogen-bond donors (Lipinski definition) is 1. The number of benzene rings is 1. The molecule has 1 aromatic carbocycles. The van der Waals surface area contributed by atoms with Crippen LogP contribution in [0.5, 0.6) is 0 Å². The normalized spacial score (nSPS) is 19.3. The average molecular weight is 420 g/mol. The second-order valence-corrected chi connectivity index (χ2v) is 8.44. The van der Waals surface area contributed by atoms with E-state index in [1.807, 2.05) is 0 Å². The fourth-order valence-electron chi connectivity index (χ4n) is 3.71. The molecule has 164 valence electrons. The monoisotopic (exact) mass is 420 g/mol. The van der Waals surface area contributed by atoms with Crippen molar-refractivity contribution in [3.63, 3.8) is 0 Å². The lowest BCUT2D eigenvalue weighted by Gasteiger charge is -2.40. The summed E-state index contributed by atoms with van der Waals surface area (Å²) in [6.07, 6.45) is 0.142. The van der Waals surface area contributed by atoms with Gasteiger partial charge in [0.25, 0.3) is 11.6 Å². The number of anilines is 1. The Morgan fingerprint density at radius 3 is 2.73 bits per heavy atom. The van der Waals surface area contributed by atoms with Crippen LogP contribution >= 0.6 is 0 Å². The van der Waals surface area contributed by atoms with Crippen LogP contribution in [-0.4, -0.2) is 78.3 Å². The number of nitrogens with one attached hydrogen (secondary N) is 1. The maximum absolute atomic E-state index is 13.1. The van der Waals surface area contributed by atoms with E-state index in [4.69, 9.17) is 9.47 Å². The lowest BCUT2D eigenvalue weighted by atomic mass is 9.96. The van der Waals surface area contributed by atoms with Gasteiger partial charge in [0.1, 0.15) is 11.3 Å². The summed E-state index contributed by atoms with van der Waals surface area (Å²) in [7, 11) is 1.61. The van der Waals surface area contributed by atoms with Crippen LogP contribution in [-0.2, 0) is 15.9 Å². The number of rotatable bonds is 4. The van der Waals surface area contributed by atoms with E-state index in [-0.39, 0.29) is 24.2 Å². The second kappa shape index (κ2) is 8.47. The van der Waals surface area contributed by atoms with Gasteiger partial charge in [-0.3, -0.25) is 19.8 Å². The number of carbonyl (C=O) groups is 2. The molecule has 10 heteroatoms. The van der Waals surface area contributed by atoms with Crippen LogP contribution in [0.3, 0.4) is 0 Å². The van der Waals surface area contributed by atoms with Crippen molar-refractivity contribution < 1.29 is 24.0 Å². The first-order chi connectivity index (χ1) is 14.1. The van der Waals surface area contributed by atoms with Crippen molar-refractivity contribution in [2.24, 2.45) is 0 Å². The topological polar surface area (TPSA) is 114 Å². The minimum Gasteiger partial charge on any atom is -0.444 e. The van der Waals surface area contributed by atoms with Crippen LogP contribution < -0.4 is 5.32 Å². The van der Waals surface area contributed by atoms with E-state index in [2.05, 4.69) is 5.32 Å². The van der Waals surface area contributed by atoms with Gasteiger partial charge in [-0.25, -0.2) is 4.79 Å². The van der Waals surface area contributed by atoms with Crippen molar-refractivity contribution in [1.29, 1.82) is 0 Å². The Kier molecular flexibility index (Phi) is 6.16. The molecule has 2 aliphatic rings. The molecule has 1 aromatic rings. The summed E-state index contributed by atoms with van der Waals surface area (Å²) < 4.78 is 11.0. The van der Waals surface area contributed by atoms with Gasteiger partial charge >= 0.3 is 6.09 Å². The average Bonchev–Trinajstić information content (AvgIpc) is 2.68. The van der Waals surface area contributed by atoms with Crippen molar-refractivity contribution in [3.8, 4) is 0 Å². The molecule has 0 aliphatic carbocycles. The van der Waals surface area contributed by atoms with E-state index in [0.29, 0.717) is 44.0 Å². The molecule has 0 unspecified atom stereocenters. The Labute approximate surface area is 175 Å². The number of morpholine rings is 1. The van der Waals surface area contributed by atoms with Crippen molar-refractivity contribution >= 4 is 23.4 Å². The molecular weight excluding hydrogens is 392 g/mol. The zero-order chi connectivity index (χ0) is 22.1. The quantitative estimate of drug-likeness (QED) is 0.587. The van der Waals surface area contributed by atoms with Gasteiger partial charge in [0.15, 0.2) is 0 Å². The zero-order valence-corrected chi connectivity index (χ0v) is 17.8. The van der Waals surface area contributed by atoms with E-state index in [1.165, 1.54) is 6.07 Å². The first kappa shape index (κ1) is 21.8. The van der Waals surface area contributed by atoms with Crippen molar-refractivity contribution in [3.05, 3.63) is 33.4 Å². The van der Waals surface area contributed by atoms with Gasteiger partial charge in [-0.2, -0.15) is 0 Å². The molecule has 0 saturated carbocycles. The summed E-state index contributed by atoms with van der Waals surface area (Å²) in [6.45, 7) is 7.24. The van der Waals surface area contributed by atoms with E-state index in [9.17, 15) is 19.7 Å². The molecule has 0 spiro atoms. The van der Waals surface area contributed by atoms with Crippen LogP contribution in [0.4, 0.5) is 16.2 Å². The number of carbonyl (C=O) groups excluding carboxylic acids is 2. The third-order valence-electron chi connectivity index (χ3n) is 5.14. The first-order valence-electron chi connectivity index (χ1n) is 9.96. The first-order valence-corrected chi connectivity index (χ1v) is 9.96. The van der Waals surface area contributed by atoms with Crippen molar-refractivity contribution in [1.82, 2.24) is 9.80 Å². The molecule has 2 aliphatic heterocycles. The summed E-state index contributed by atoms with van der Waals surface area (Å²) in [5, 5.41) is 14.2. The minimum atomic E-state index is -0.621. The number of fused-ring (bicyclic) bond motifs is 1. The van der Waals surface area contributed by atoms with E-state index >= 15 is 0 Å². The summed E-state index contributed by atoms with van der Waals surface area (Å²) in [4.78, 5) is 39.8.